The maximum Gasteiger partial charge on any atom is 0.257 e. The van der Waals surface area contributed by atoms with Gasteiger partial charge in [0.2, 0.25) is 5.91 Å². The van der Waals surface area contributed by atoms with Crippen LogP contribution in [0.25, 0.3) is 0 Å². The van der Waals surface area contributed by atoms with Crippen molar-refractivity contribution in [3.8, 4) is 11.5 Å². The molecular formula is C20H22F2N2O4. The molecule has 1 atom stereocenters. The van der Waals surface area contributed by atoms with Crippen molar-refractivity contribution >= 4 is 17.5 Å². The summed E-state index contributed by atoms with van der Waals surface area (Å²) in [6.45, 7) is 3.41. The van der Waals surface area contributed by atoms with Gasteiger partial charge in [-0.2, -0.15) is 0 Å². The number of carbonyl (C=O) groups is 2. The Morgan fingerprint density at radius 1 is 0.964 bits per heavy atom. The van der Waals surface area contributed by atoms with Gasteiger partial charge >= 0.3 is 0 Å². The van der Waals surface area contributed by atoms with Gasteiger partial charge in [-0.25, -0.2) is 8.78 Å². The Labute approximate surface area is 161 Å². The summed E-state index contributed by atoms with van der Waals surface area (Å²) in [5.41, 5.74) is -0.345. The highest BCUT2D eigenvalue weighted by Gasteiger charge is 2.27. The second-order valence-corrected chi connectivity index (χ2v) is 6.38. The Balaban J connectivity index is 2.22. The third kappa shape index (κ3) is 4.97. The molecule has 8 heteroatoms. The number of anilines is 1. The van der Waals surface area contributed by atoms with Gasteiger partial charge in [0.05, 0.1) is 14.2 Å². The van der Waals surface area contributed by atoms with Crippen LogP contribution in [-0.4, -0.2) is 32.1 Å². The Bertz CT molecular complexity index is 829. The number of rotatable bonds is 7. The summed E-state index contributed by atoms with van der Waals surface area (Å²) in [5.74, 6) is -2.97. The number of carbonyl (C=O) groups excluding carboxylic acids is 2. The fourth-order valence-corrected chi connectivity index (χ4v) is 2.56. The molecule has 2 aromatic rings. The normalized spacial score (nSPS) is 11.7. The molecule has 0 bridgehead atoms. The Morgan fingerprint density at radius 3 is 1.96 bits per heavy atom. The molecule has 0 spiro atoms. The minimum atomic E-state index is -1.02. The van der Waals surface area contributed by atoms with Gasteiger partial charge in [0.15, 0.2) is 0 Å². The third-order valence-corrected chi connectivity index (χ3v) is 4.04. The highest BCUT2D eigenvalue weighted by Crippen LogP contribution is 2.26. The van der Waals surface area contributed by atoms with Gasteiger partial charge in [0.1, 0.15) is 34.7 Å². The van der Waals surface area contributed by atoms with Crippen LogP contribution in [0.4, 0.5) is 14.5 Å². The number of benzene rings is 2. The SMILES string of the molecule is COc1cc(NC(=O)[C@@H](NC(=O)c2c(F)cccc2F)C(C)C)cc(OC)c1. The van der Waals surface area contributed by atoms with E-state index in [-0.39, 0.29) is 5.92 Å². The number of nitrogens with one attached hydrogen (secondary N) is 2. The lowest BCUT2D eigenvalue weighted by Gasteiger charge is -2.22. The van der Waals surface area contributed by atoms with E-state index in [0.29, 0.717) is 17.2 Å². The molecular weight excluding hydrogens is 370 g/mol. The average molecular weight is 392 g/mol. The minimum absolute atomic E-state index is 0.341. The molecule has 0 saturated carbocycles. The maximum absolute atomic E-state index is 13.8. The molecule has 0 fully saturated rings. The van der Waals surface area contributed by atoms with Crippen molar-refractivity contribution in [1.82, 2.24) is 5.32 Å². The highest BCUT2D eigenvalue weighted by molar-refractivity contribution is 6.01. The molecule has 2 amide bonds. The van der Waals surface area contributed by atoms with Crippen LogP contribution in [0.2, 0.25) is 0 Å². The van der Waals surface area contributed by atoms with Gasteiger partial charge in [0.25, 0.3) is 5.91 Å². The zero-order valence-corrected chi connectivity index (χ0v) is 16.0. The van der Waals surface area contributed by atoms with Gasteiger partial charge < -0.3 is 20.1 Å². The molecule has 0 aromatic heterocycles. The summed E-state index contributed by atoms with van der Waals surface area (Å²) in [7, 11) is 2.95. The van der Waals surface area contributed by atoms with Gasteiger partial charge in [-0.3, -0.25) is 9.59 Å². The lowest BCUT2D eigenvalue weighted by Crippen LogP contribution is -2.47. The topological polar surface area (TPSA) is 76.7 Å². The van der Waals surface area contributed by atoms with Crippen molar-refractivity contribution in [3.63, 3.8) is 0 Å². The van der Waals surface area contributed by atoms with Crippen LogP contribution in [0.5, 0.6) is 11.5 Å². The number of methoxy groups -OCH3 is 2. The quantitative estimate of drug-likeness (QED) is 0.758. The fraction of sp³-hybridized carbons (Fsp3) is 0.300. The minimum Gasteiger partial charge on any atom is -0.497 e. The summed E-state index contributed by atoms with van der Waals surface area (Å²) < 4.78 is 38.0. The lowest BCUT2D eigenvalue weighted by molar-refractivity contribution is -0.118. The van der Waals surface area contributed by atoms with Crippen molar-refractivity contribution < 1.29 is 27.8 Å². The Hall–Kier alpha value is -3.16. The zero-order chi connectivity index (χ0) is 20.8. The largest absolute Gasteiger partial charge is 0.497 e. The molecule has 0 heterocycles. The molecule has 2 rings (SSSR count). The van der Waals surface area contributed by atoms with E-state index >= 15 is 0 Å². The first-order chi connectivity index (χ1) is 13.3. The van der Waals surface area contributed by atoms with Gasteiger partial charge in [0, 0.05) is 23.9 Å². The van der Waals surface area contributed by atoms with Crippen LogP contribution < -0.4 is 20.1 Å². The van der Waals surface area contributed by atoms with Crippen LogP contribution in [-0.2, 0) is 4.79 Å². The van der Waals surface area contributed by atoms with Gasteiger partial charge in [-0.1, -0.05) is 19.9 Å². The van der Waals surface area contributed by atoms with E-state index < -0.39 is 35.1 Å². The van der Waals surface area contributed by atoms with Crippen LogP contribution in [0.3, 0.4) is 0 Å². The van der Waals surface area contributed by atoms with E-state index in [0.717, 1.165) is 18.2 Å². The summed E-state index contributed by atoms with van der Waals surface area (Å²) in [4.78, 5) is 25.0. The fourth-order valence-electron chi connectivity index (χ4n) is 2.56. The van der Waals surface area contributed by atoms with E-state index in [1.807, 2.05) is 0 Å². The summed E-state index contributed by atoms with van der Waals surface area (Å²) in [6, 6.07) is 6.88. The van der Waals surface area contributed by atoms with Crippen molar-refractivity contribution in [2.24, 2.45) is 5.92 Å². The predicted molar refractivity (Wildman–Crippen MR) is 101 cm³/mol. The van der Waals surface area contributed by atoms with Crippen LogP contribution >= 0.6 is 0 Å². The molecule has 0 radical (unpaired) electrons. The zero-order valence-electron chi connectivity index (χ0n) is 16.0. The monoisotopic (exact) mass is 392 g/mol. The molecule has 0 saturated heterocycles. The molecule has 0 unspecified atom stereocenters. The van der Waals surface area contributed by atoms with E-state index in [4.69, 9.17) is 9.47 Å². The highest BCUT2D eigenvalue weighted by atomic mass is 19.1. The molecule has 0 aliphatic rings. The van der Waals surface area contributed by atoms with Gasteiger partial charge in [-0.15, -0.1) is 0 Å². The van der Waals surface area contributed by atoms with E-state index in [1.165, 1.54) is 14.2 Å². The second kappa shape index (κ2) is 9.16. The van der Waals surface area contributed by atoms with Crippen molar-refractivity contribution in [1.29, 1.82) is 0 Å². The molecule has 0 aliphatic carbocycles. The molecule has 2 aromatic carbocycles. The predicted octanol–water partition coefficient (Wildman–Crippen LogP) is 3.38. The smallest absolute Gasteiger partial charge is 0.257 e. The molecule has 6 nitrogen and oxygen atoms in total. The van der Waals surface area contributed by atoms with Gasteiger partial charge in [-0.05, 0) is 18.1 Å². The first-order valence-electron chi connectivity index (χ1n) is 8.55. The number of hydrogen-bond donors (Lipinski definition) is 2. The summed E-state index contributed by atoms with van der Waals surface area (Å²) in [5, 5.41) is 5.06. The van der Waals surface area contributed by atoms with Crippen LogP contribution in [0, 0.1) is 17.6 Å². The average Bonchev–Trinajstić information content (AvgIpc) is 2.65. The molecule has 2 N–H and O–H groups in total. The number of hydrogen-bond acceptors (Lipinski definition) is 4. The number of ether oxygens (including phenoxy) is 2. The lowest BCUT2D eigenvalue weighted by atomic mass is 10.0. The van der Waals surface area contributed by atoms with Crippen LogP contribution in [0.15, 0.2) is 36.4 Å². The van der Waals surface area contributed by atoms with E-state index in [9.17, 15) is 18.4 Å². The Kier molecular flexibility index (Phi) is 6.92. The summed E-state index contributed by atoms with van der Waals surface area (Å²) in [6.07, 6.45) is 0. The van der Waals surface area contributed by atoms with Crippen molar-refractivity contribution in [2.45, 2.75) is 19.9 Å². The number of amides is 2. The molecule has 28 heavy (non-hydrogen) atoms. The summed E-state index contributed by atoms with van der Waals surface area (Å²) >= 11 is 0. The molecule has 150 valence electrons. The number of halogens is 2. The molecule has 0 aliphatic heterocycles. The van der Waals surface area contributed by atoms with E-state index in [1.54, 1.807) is 32.0 Å². The van der Waals surface area contributed by atoms with Crippen molar-refractivity contribution in [3.05, 3.63) is 53.6 Å². The standard InChI is InChI=1S/C20H22F2N2O4/c1-11(2)18(24-19(25)17-15(21)6-5-7-16(17)22)20(26)23-12-8-13(27-3)10-14(9-12)28-4/h5-11,18H,1-4H3,(H,23,26)(H,24,25)/t18-/m0/s1. The van der Waals surface area contributed by atoms with E-state index in [2.05, 4.69) is 10.6 Å². The van der Waals surface area contributed by atoms with Crippen LogP contribution in [0.1, 0.15) is 24.2 Å². The first-order valence-corrected chi connectivity index (χ1v) is 8.55. The second-order valence-electron chi connectivity index (χ2n) is 6.38. The Morgan fingerprint density at radius 2 is 1.50 bits per heavy atom. The third-order valence-electron chi connectivity index (χ3n) is 4.04. The maximum atomic E-state index is 13.8. The first kappa shape index (κ1) is 21.1. The van der Waals surface area contributed by atoms with Crippen molar-refractivity contribution in [2.75, 3.05) is 19.5 Å².